The standard InChI is InChI=1S/C31H54O12/c1-6-14-21-15-12-10-8-7-9-11-13-16-22(33)41-28-27(43-30-25(36)24(35)23(34)19(4)38-30)26(20(5)39-31(28)40-21)42-29(37)17(2)18(3)32/h17-21,23-28,30-32,34-36H,6-16H2,1-5H3/t17-,18-,19+,20+,21+,23+,24-,25-,26+,27-,28-,30+,31+/m1/s1. The van der Waals surface area contributed by atoms with Crippen LogP contribution in [0.4, 0.5) is 0 Å². The van der Waals surface area contributed by atoms with Gasteiger partial charge in [0.05, 0.1) is 30.3 Å². The van der Waals surface area contributed by atoms with Gasteiger partial charge in [-0.15, -0.1) is 0 Å². The van der Waals surface area contributed by atoms with Gasteiger partial charge in [0.1, 0.15) is 24.4 Å². The fraction of sp³-hybridized carbons (Fsp3) is 0.935. The molecule has 12 nitrogen and oxygen atoms in total. The van der Waals surface area contributed by atoms with Crippen molar-refractivity contribution in [1.82, 2.24) is 0 Å². The Morgan fingerprint density at radius 1 is 0.884 bits per heavy atom. The zero-order valence-corrected chi connectivity index (χ0v) is 26.3. The summed E-state index contributed by atoms with van der Waals surface area (Å²) < 4.78 is 36.5. The minimum Gasteiger partial charge on any atom is -0.456 e. The molecule has 3 fully saturated rings. The van der Waals surface area contributed by atoms with Gasteiger partial charge in [-0.1, -0.05) is 51.9 Å². The molecule has 0 saturated carbocycles. The van der Waals surface area contributed by atoms with E-state index in [1.165, 1.54) is 20.8 Å². The third kappa shape index (κ3) is 10.1. The third-order valence-corrected chi connectivity index (χ3v) is 8.79. The molecule has 12 heteroatoms. The molecule has 0 spiro atoms. The average molecular weight is 619 g/mol. The molecular weight excluding hydrogens is 564 g/mol. The zero-order valence-electron chi connectivity index (χ0n) is 26.3. The van der Waals surface area contributed by atoms with Gasteiger partial charge >= 0.3 is 11.9 Å². The van der Waals surface area contributed by atoms with E-state index in [0.717, 1.165) is 57.8 Å². The van der Waals surface area contributed by atoms with Crippen molar-refractivity contribution in [2.24, 2.45) is 5.92 Å². The minimum atomic E-state index is -1.65. The maximum atomic E-state index is 13.2. The lowest BCUT2D eigenvalue weighted by Gasteiger charge is -2.47. The minimum absolute atomic E-state index is 0.165. The second-order valence-electron chi connectivity index (χ2n) is 12.4. The first-order valence-corrected chi connectivity index (χ1v) is 16.2. The summed E-state index contributed by atoms with van der Waals surface area (Å²) in [6.45, 7) is 8.26. The van der Waals surface area contributed by atoms with Crippen molar-refractivity contribution < 1.29 is 58.4 Å². The van der Waals surface area contributed by atoms with E-state index >= 15 is 0 Å². The van der Waals surface area contributed by atoms with Gasteiger partial charge in [-0.25, -0.2) is 0 Å². The summed E-state index contributed by atoms with van der Waals surface area (Å²) in [5, 5.41) is 41.5. The molecule has 0 unspecified atom stereocenters. The maximum Gasteiger partial charge on any atom is 0.311 e. The van der Waals surface area contributed by atoms with E-state index in [4.69, 9.17) is 28.4 Å². The number of fused-ring (bicyclic) bond motifs is 1. The largest absolute Gasteiger partial charge is 0.456 e. The normalized spacial score (nSPS) is 40.2. The van der Waals surface area contributed by atoms with Crippen molar-refractivity contribution in [1.29, 1.82) is 0 Å². The molecule has 43 heavy (non-hydrogen) atoms. The van der Waals surface area contributed by atoms with Crippen molar-refractivity contribution in [3.63, 3.8) is 0 Å². The van der Waals surface area contributed by atoms with Crippen molar-refractivity contribution in [2.45, 2.75) is 179 Å². The van der Waals surface area contributed by atoms with Crippen LogP contribution in [0.1, 0.15) is 105 Å². The van der Waals surface area contributed by atoms with Gasteiger partial charge in [0, 0.05) is 6.42 Å². The van der Waals surface area contributed by atoms with Crippen LogP contribution >= 0.6 is 0 Å². The number of carbonyl (C=O) groups is 2. The fourth-order valence-corrected chi connectivity index (χ4v) is 5.77. The molecule has 0 radical (unpaired) electrons. The fourth-order valence-electron chi connectivity index (χ4n) is 5.77. The molecule has 3 rings (SSSR count). The summed E-state index contributed by atoms with van der Waals surface area (Å²) in [6, 6.07) is 0. The number of hydrogen-bond acceptors (Lipinski definition) is 12. The average Bonchev–Trinajstić information content (AvgIpc) is 2.96. The van der Waals surface area contributed by atoms with Gasteiger partial charge in [-0.05, 0) is 47.0 Å². The van der Waals surface area contributed by atoms with Crippen molar-refractivity contribution >= 4 is 11.9 Å². The highest BCUT2D eigenvalue weighted by Crippen LogP contribution is 2.34. The van der Waals surface area contributed by atoms with Crippen molar-refractivity contribution in [3.8, 4) is 0 Å². The van der Waals surface area contributed by atoms with E-state index < -0.39 is 85.4 Å². The van der Waals surface area contributed by atoms with Crippen LogP contribution in [0, 0.1) is 5.92 Å². The molecule has 0 aromatic carbocycles. The Balaban J connectivity index is 1.98. The van der Waals surface area contributed by atoms with E-state index in [0.29, 0.717) is 6.42 Å². The van der Waals surface area contributed by atoms with E-state index in [1.807, 2.05) is 0 Å². The van der Waals surface area contributed by atoms with E-state index in [-0.39, 0.29) is 12.5 Å². The Labute approximate surface area is 255 Å². The van der Waals surface area contributed by atoms with E-state index in [9.17, 15) is 30.0 Å². The number of ether oxygens (including phenoxy) is 6. The van der Waals surface area contributed by atoms with Crippen LogP contribution < -0.4 is 0 Å². The predicted molar refractivity (Wildman–Crippen MR) is 154 cm³/mol. The Morgan fingerprint density at radius 3 is 2.19 bits per heavy atom. The molecule has 0 bridgehead atoms. The summed E-state index contributed by atoms with van der Waals surface area (Å²) in [7, 11) is 0. The lowest BCUT2D eigenvalue weighted by atomic mass is 9.96. The monoisotopic (exact) mass is 618 g/mol. The molecule has 3 aliphatic heterocycles. The molecule has 3 heterocycles. The highest BCUT2D eigenvalue weighted by molar-refractivity contribution is 5.73. The Hall–Kier alpha value is -1.38. The van der Waals surface area contributed by atoms with Gasteiger partial charge in [-0.3, -0.25) is 9.59 Å². The molecule has 13 atom stereocenters. The molecule has 3 saturated heterocycles. The zero-order chi connectivity index (χ0) is 31.7. The lowest BCUT2D eigenvalue weighted by molar-refractivity contribution is -0.359. The molecular formula is C31H54O12. The van der Waals surface area contributed by atoms with Crippen LogP contribution in [0.2, 0.25) is 0 Å². The summed E-state index contributed by atoms with van der Waals surface area (Å²) in [5.74, 6) is -2.09. The summed E-state index contributed by atoms with van der Waals surface area (Å²) in [4.78, 5) is 26.2. The highest BCUT2D eigenvalue weighted by atomic mass is 16.8. The second kappa shape index (κ2) is 17.4. The molecule has 4 N–H and O–H groups in total. The summed E-state index contributed by atoms with van der Waals surface area (Å²) in [5.41, 5.74) is 0. The number of aliphatic hydroxyl groups is 4. The number of rotatable bonds is 7. The second-order valence-corrected chi connectivity index (χ2v) is 12.4. The third-order valence-electron chi connectivity index (χ3n) is 8.79. The Kier molecular flexibility index (Phi) is 14.6. The van der Waals surface area contributed by atoms with Crippen LogP contribution in [0.15, 0.2) is 0 Å². The predicted octanol–water partition coefficient (Wildman–Crippen LogP) is 2.49. The van der Waals surface area contributed by atoms with Crippen molar-refractivity contribution in [3.05, 3.63) is 0 Å². The van der Waals surface area contributed by atoms with E-state index in [1.54, 1.807) is 6.92 Å². The van der Waals surface area contributed by atoms with Gasteiger partial charge in [0.15, 0.2) is 24.8 Å². The smallest absolute Gasteiger partial charge is 0.311 e. The molecule has 0 aromatic rings. The molecule has 0 aliphatic carbocycles. The molecule has 0 aromatic heterocycles. The number of aliphatic hydroxyl groups excluding tert-OH is 4. The van der Waals surface area contributed by atoms with Crippen LogP contribution in [-0.2, 0) is 38.0 Å². The molecule has 0 amide bonds. The molecule has 250 valence electrons. The van der Waals surface area contributed by atoms with Crippen LogP contribution in [0.3, 0.4) is 0 Å². The quantitative estimate of drug-likeness (QED) is 0.308. The number of carbonyl (C=O) groups excluding carboxylic acids is 2. The summed E-state index contributed by atoms with van der Waals surface area (Å²) >= 11 is 0. The first-order valence-electron chi connectivity index (χ1n) is 16.2. The number of hydrogen-bond donors (Lipinski definition) is 4. The van der Waals surface area contributed by atoms with Gasteiger partial charge in [-0.2, -0.15) is 0 Å². The van der Waals surface area contributed by atoms with E-state index in [2.05, 4.69) is 6.92 Å². The van der Waals surface area contributed by atoms with Gasteiger partial charge in [0.2, 0.25) is 0 Å². The van der Waals surface area contributed by atoms with Gasteiger partial charge in [0.25, 0.3) is 0 Å². The molecule has 3 aliphatic rings. The lowest BCUT2D eigenvalue weighted by Crippen LogP contribution is -2.65. The maximum absolute atomic E-state index is 13.2. The first-order chi connectivity index (χ1) is 20.4. The van der Waals surface area contributed by atoms with Crippen LogP contribution in [0.25, 0.3) is 0 Å². The van der Waals surface area contributed by atoms with Crippen molar-refractivity contribution in [2.75, 3.05) is 0 Å². The number of esters is 2. The Morgan fingerprint density at radius 2 is 1.53 bits per heavy atom. The highest BCUT2D eigenvalue weighted by Gasteiger charge is 2.54. The topological polar surface area (TPSA) is 170 Å². The first kappa shape index (κ1) is 36.1. The SMILES string of the molecule is CCC[C@H]1CCCCCCCCCC(=O)O[C@H]2[C@H](O1)O[C@@H](C)[C@H](OC(=O)[C@H](C)[C@@H](C)O)[C@H]2O[C@@H]1O[C@@H](C)[C@H](O)[C@@H](O)[C@H]1O. The Bertz CT molecular complexity index is 855. The van der Waals surface area contributed by atoms with Gasteiger partial charge < -0.3 is 48.8 Å². The van der Waals surface area contributed by atoms with Crippen LogP contribution in [0.5, 0.6) is 0 Å². The van der Waals surface area contributed by atoms with Crippen LogP contribution in [-0.4, -0.2) is 106 Å². The summed E-state index contributed by atoms with van der Waals surface area (Å²) in [6.07, 6.45) is -4.16.